The number of esters is 3. The molecule has 0 aromatic heterocycles. The maximum Gasteiger partial charge on any atom is 0.306 e. The van der Waals surface area contributed by atoms with Gasteiger partial charge in [0.2, 0.25) is 0 Å². The highest BCUT2D eigenvalue weighted by molar-refractivity contribution is 5.71. The second-order valence-electron chi connectivity index (χ2n) is 24.2. The van der Waals surface area contributed by atoms with Gasteiger partial charge in [-0.3, -0.25) is 14.4 Å². The number of ether oxygens (including phenoxy) is 3. The summed E-state index contributed by atoms with van der Waals surface area (Å²) in [7, 11) is 0. The van der Waals surface area contributed by atoms with Gasteiger partial charge in [-0.1, -0.05) is 353 Å². The van der Waals surface area contributed by atoms with Crippen molar-refractivity contribution in [3.05, 3.63) is 24.3 Å². The standard InChI is InChI=1S/C72H136O6/c1-4-7-10-13-16-19-22-25-28-29-30-31-32-33-34-35-36-37-38-39-40-41-42-43-45-47-50-53-56-59-62-65-71(74)77-68-69(67-76-70(73)64-61-58-55-52-49-46-27-24-21-18-15-12-9-6-3)78-72(75)66-63-60-57-54-51-48-44-26-23-20-17-14-11-8-5-2/h22,25,29-30,69H,4-21,23-24,26-28,31-68H2,1-3H3/b25-22-,30-29-. The Bertz CT molecular complexity index is 1260. The van der Waals surface area contributed by atoms with Crippen molar-refractivity contribution in [2.75, 3.05) is 13.2 Å². The molecule has 0 N–H and O–H groups in total. The zero-order valence-electron chi connectivity index (χ0n) is 53.0. The Kier molecular flexibility index (Phi) is 65.6. The summed E-state index contributed by atoms with van der Waals surface area (Å²) in [6.45, 7) is 6.71. The monoisotopic (exact) mass is 1100 g/mol. The molecule has 6 nitrogen and oxygen atoms in total. The topological polar surface area (TPSA) is 78.9 Å². The van der Waals surface area contributed by atoms with Crippen LogP contribution in [0.25, 0.3) is 0 Å². The minimum absolute atomic E-state index is 0.0629. The van der Waals surface area contributed by atoms with Crippen molar-refractivity contribution in [2.24, 2.45) is 0 Å². The molecule has 78 heavy (non-hydrogen) atoms. The molecule has 0 spiro atoms. The molecule has 0 aromatic rings. The van der Waals surface area contributed by atoms with Crippen molar-refractivity contribution < 1.29 is 28.6 Å². The number of rotatable bonds is 66. The Labute approximate surface area is 487 Å². The van der Waals surface area contributed by atoms with Crippen molar-refractivity contribution >= 4 is 17.9 Å². The van der Waals surface area contributed by atoms with Crippen molar-refractivity contribution in [3.8, 4) is 0 Å². The number of unbranched alkanes of at least 4 members (excludes halogenated alkanes) is 51. The van der Waals surface area contributed by atoms with Crippen molar-refractivity contribution in [2.45, 2.75) is 406 Å². The highest BCUT2D eigenvalue weighted by Crippen LogP contribution is 2.19. The predicted octanol–water partition coefficient (Wildman–Crippen LogP) is 24.2. The van der Waals surface area contributed by atoms with Gasteiger partial charge in [-0.25, -0.2) is 0 Å². The summed E-state index contributed by atoms with van der Waals surface area (Å²) in [4.78, 5) is 38.4. The molecule has 0 saturated heterocycles. The van der Waals surface area contributed by atoms with Gasteiger partial charge in [0.15, 0.2) is 6.10 Å². The van der Waals surface area contributed by atoms with E-state index in [4.69, 9.17) is 14.2 Å². The first-order valence-corrected chi connectivity index (χ1v) is 35.3. The number of hydrogen-bond acceptors (Lipinski definition) is 6. The molecule has 0 aliphatic carbocycles. The van der Waals surface area contributed by atoms with E-state index in [2.05, 4.69) is 45.1 Å². The number of carbonyl (C=O) groups is 3. The minimum Gasteiger partial charge on any atom is -0.462 e. The smallest absolute Gasteiger partial charge is 0.306 e. The van der Waals surface area contributed by atoms with E-state index >= 15 is 0 Å². The van der Waals surface area contributed by atoms with Crippen LogP contribution in [0, 0.1) is 0 Å². The summed E-state index contributed by atoms with van der Waals surface area (Å²) in [6, 6.07) is 0. The van der Waals surface area contributed by atoms with Gasteiger partial charge in [0.05, 0.1) is 0 Å². The molecule has 0 saturated carbocycles. The lowest BCUT2D eigenvalue weighted by Crippen LogP contribution is -2.30. The van der Waals surface area contributed by atoms with E-state index in [1.807, 2.05) is 0 Å². The molecular weight excluding hydrogens is 961 g/mol. The SMILES string of the molecule is CCCCCCC/C=C\C/C=C\CCCCCCCCCCCCCCCCCCCCCC(=O)OCC(COC(=O)CCCCCCCCCCCCCCCC)OC(=O)CCCCCCCCCCCCCCCCC. The molecule has 1 unspecified atom stereocenters. The van der Waals surface area contributed by atoms with Crippen LogP contribution in [0.4, 0.5) is 0 Å². The van der Waals surface area contributed by atoms with Gasteiger partial charge in [-0.2, -0.15) is 0 Å². The van der Waals surface area contributed by atoms with Gasteiger partial charge < -0.3 is 14.2 Å². The van der Waals surface area contributed by atoms with Crippen LogP contribution >= 0.6 is 0 Å². The molecule has 0 bridgehead atoms. The first-order valence-electron chi connectivity index (χ1n) is 35.3. The van der Waals surface area contributed by atoms with Gasteiger partial charge in [-0.05, 0) is 51.4 Å². The fraction of sp³-hybridized carbons (Fsp3) is 0.903. The number of allylic oxidation sites excluding steroid dienone is 4. The van der Waals surface area contributed by atoms with Crippen molar-refractivity contribution in [3.63, 3.8) is 0 Å². The molecule has 0 aliphatic rings. The summed E-state index contributed by atoms with van der Waals surface area (Å²) in [5, 5.41) is 0. The molecule has 0 heterocycles. The van der Waals surface area contributed by atoms with Crippen LogP contribution in [0.15, 0.2) is 24.3 Å². The van der Waals surface area contributed by atoms with Gasteiger partial charge in [0.25, 0.3) is 0 Å². The second kappa shape index (κ2) is 67.4. The largest absolute Gasteiger partial charge is 0.462 e. The summed E-state index contributed by atoms with van der Waals surface area (Å²) >= 11 is 0. The Morgan fingerprint density at radius 1 is 0.256 bits per heavy atom. The van der Waals surface area contributed by atoms with Gasteiger partial charge in [0.1, 0.15) is 13.2 Å². The normalized spacial score (nSPS) is 12.1. The zero-order chi connectivity index (χ0) is 56.4. The average molecular weight is 1100 g/mol. The summed E-state index contributed by atoms with van der Waals surface area (Å²) in [5.74, 6) is -0.829. The molecule has 460 valence electrons. The first kappa shape index (κ1) is 75.9. The van der Waals surface area contributed by atoms with Crippen LogP contribution in [0.1, 0.15) is 400 Å². The van der Waals surface area contributed by atoms with Crippen LogP contribution in [0.2, 0.25) is 0 Å². The highest BCUT2D eigenvalue weighted by atomic mass is 16.6. The summed E-state index contributed by atoms with van der Waals surface area (Å²) in [6.07, 6.45) is 82.1. The average Bonchev–Trinajstić information content (AvgIpc) is 3.44. The molecular formula is C72H136O6. The van der Waals surface area contributed by atoms with Crippen LogP contribution in [-0.4, -0.2) is 37.2 Å². The van der Waals surface area contributed by atoms with E-state index in [1.54, 1.807) is 0 Å². The minimum atomic E-state index is -0.765. The molecule has 6 heteroatoms. The Morgan fingerprint density at radius 2 is 0.462 bits per heavy atom. The highest BCUT2D eigenvalue weighted by Gasteiger charge is 2.19. The van der Waals surface area contributed by atoms with Gasteiger partial charge in [0, 0.05) is 19.3 Å². The van der Waals surface area contributed by atoms with Crippen molar-refractivity contribution in [1.82, 2.24) is 0 Å². The Morgan fingerprint density at radius 3 is 0.705 bits per heavy atom. The first-order chi connectivity index (χ1) is 38.5. The third kappa shape index (κ3) is 64.7. The Hall–Kier alpha value is -2.11. The predicted molar refractivity (Wildman–Crippen MR) is 340 cm³/mol. The van der Waals surface area contributed by atoms with Crippen LogP contribution in [0.5, 0.6) is 0 Å². The molecule has 0 rings (SSSR count). The van der Waals surface area contributed by atoms with Gasteiger partial charge >= 0.3 is 17.9 Å². The molecule has 0 aromatic carbocycles. The van der Waals surface area contributed by atoms with E-state index in [-0.39, 0.29) is 31.1 Å². The van der Waals surface area contributed by atoms with E-state index in [0.717, 1.165) is 64.2 Å². The van der Waals surface area contributed by atoms with E-state index < -0.39 is 6.10 Å². The number of hydrogen-bond donors (Lipinski definition) is 0. The fourth-order valence-corrected chi connectivity index (χ4v) is 10.9. The third-order valence-corrected chi connectivity index (χ3v) is 16.2. The van der Waals surface area contributed by atoms with E-state index in [1.165, 1.54) is 295 Å². The van der Waals surface area contributed by atoms with Crippen LogP contribution < -0.4 is 0 Å². The Balaban J connectivity index is 4.12. The maximum absolute atomic E-state index is 12.9. The molecule has 0 aliphatic heterocycles. The lowest BCUT2D eigenvalue weighted by molar-refractivity contribution is -0.167. The van der Waals surface area contributed by atoms with Gasteiger partial charge in [-0.15, -0.1) is 0 Å². The zero-order valence-corrected chi connectivity index (χ0v) is 53.0. The van der Waals surface area contributed by atoms with E-state index in [0.29, 0.717) is 19.3 Å². The molecule has 0 fully saturated rings. The van der Waals surface area contributed by atoms with Crippen molar-refractivity contribution in [1.29, 1.82) is 0 Å². The summed E-state index contributed by atoms with van der Waals surface area (Å²) < 4.78 is 17.0. The lowest BCUT2D eigenvalue weighted by Gasteiger charge is -2.18. The molecule has 0 amide bonds. The summed E-state index contributed by atoms with van der Waals surface area (Å²) in [5.41, 5.74) is 0. The van der Waals surface area contributed by atoms with E-state index in [9.17, 15) is 14.4 Å². The van der Waals surface area contributed by atoms with Crippen LogP contribution in [0.3, 0.4) is 0 Å². The quantitative estimate of drug-likeness (QED) is 0.0261. The number of carbonyl (C=O) groups excluding carboxylic acids is 3. The van der Waals surface area contributed by atoms with Crippen LogP contribution in [-0.2, 0) is 28.6 Å². The second-order valence-corrected chi connectivity index (χ2v) is 24.2. The molecule has 1 atom stereocenters. The third-order valence-electron chi connectivity index (χ3n) is 16.2. The maximum atomic E-state index is 12.9. The molecule has 0 radical (unpaired) electrons. The fourth-order valence-electron chi connectivity index (χ4n) is 10.9. The lowest BCUT2D eigenvalue weighted by atomic mass is 10.0.